The summed E-state index contributed by atoms with van der Waals surface area (Å²) in [4.78, 5) is 3.81. The van der Waals surface area contributed by atoms with Gasteiger partial charge in [0.05, 0.1) is 0 Å². The van der Waals surface area contributed by atoms with Crippen LogP contribution in [0.3, 0.4) is 0 Å². The Kier molecular flexibility index (Phi) is 3.51. The Balaban J connectivity index is 3.14. The fourth-order valence-corrected chi connectivity index (χ4v) is 0.492. The second-order valence-electron chi connectivity index (χ2n) is 0.797. The van der Waals surface area contributed by atoms with Gasteiger partial charge in [0.1, 0.15) is 0 Å². The molecule has 0 aliphatic heterocycles. The van der Waals surface area contributed by atoms with E-state index >= 15 is 0 Å². The number of amidine groups is 1. The first-order chi connectivity index (χ1) is 2.77. The third kappa shape index (κ3) is 4.20. The summed E-state index contributed by atoms with van der Waals surface area (Å²) < 4.78 is 0.634. The smallest absolute Gasteiger partial charge is 0.157 e. The summed E-state index contributed by atoms with van der Waals surface area (Å²) in [5.74, 6) is 0. The summed E-state index contributed by atoms with van der Waals surface area (Å²) in [6.45, 7) is 2.74. The Morgan fingerprint density at radius 1 is 2.00 bits per heavy atom. The standard InChI is InChI=1S/C3H7IN2/c1-2-6-3(4)5/h2H2,1H3,(H2,5,6). The van der Waals surface area contributed by atoms with Gasteiger partial charge in [-0.05, 0) is 29.5 Å². The molecule has 0 saturated heterocycles. The van der Waals surface area contributed by atoms with Crippen LogP contribution in [0.25, 0.3) is 0 Å². The van der Waals surface area contributed by atoms with Crippen LogP contribution in [-0.4, -0.2) is 10.4 Å². The molecule has 0 radical (unpaired) electrons. The highest BCUT2D eigenvalue weighted by atomic mass is 127. The second-order valence-corrected chi connectivity index (χ2v) is 1.90. The summed E-state index contributed by atoms with van der Waals surface area (Å²) in [7, 11) is 0. The molecule has 0 aliphatic rings. The van der Waals surface area contributed by atoms with Gasteiger partial charge in [-0.25, -0.2) is 0 Å². The van der Waals surface area contributed by atoms with Crippen LogP contribution in [0.15, 0.2) is 4.99 Å². The van der Waals surface area contributed by atoms with Crippen molar-refractivity contribution in [3.05, 3.63) is 0 Å². The van der Waals surface area contributed by atoms with Crippen LogP contribution in [0, 0.1) is 0 Å². The van der Waals surface area contributed by atoms with E-state index in [1.807, 2.05) is 29.5 Å². The first-order valence-electron chi connectivity index (χ1n) is 1.72. The number of hydrogen-bond donors (Lipinski definition) is 1. The molecule has 0 atom stereocenters. The Morgan fingerprint density at radius 2 is 2.50 bits per heavy atom. The van der Waals surface area contributed by atoms with Crippen LogP contribution in [0.5, 0.6) is 0 Å². The van der Waals surface area contributed by atoms with E-state index < -0.39 is 0 Å². The summed E-state index contributed by atoms with van der Waals surface area (Å²) in [5, 5.41) is 0. The lowest BCUT2D eigenvalue weighted by molar-refractivity contribution is 1.13. The topological polar surface area (TPSA) is 38.4 Å². The molecule has 0 rings (SSSR count). The van der Waals surface area contributed by atoms with E-state index in [1.165, 1.54) is 0 Å². The van der Waals surface area contributed by atoms with Crippen LogP contribution in [-0.2, 0) is 0 Å². The third-order valence-electron chi connectivity index (χ3n) is 0.309. The van der Waals surface area contributed by atoms with E-state index in [2.05, 4.69) is 4.99 Å². The molecule has 36 valence electrons. The molecule has 0 spiro atoms. The SMILES string of the molecule is CCN=C(N)I. The molecule has 0 fully saturated rings. The molecule has 0 bridgehead atoms. The van der Waals surface area contributed by atoms with Crippen molar-refractivity contribution in [3.63, 3.8) is 0 Å². The minimum atomic E-state index is 0.634. The third-order valence-corrected chi connectivity index (χ3v) is 0.650. The van der Waals surface area contributed by atoms with Gasteiger partial charge in [0.2, 0.25) is 0 Å². The zero-order chi connectivity index (χ0) is 4.99. The van der Waals surface area contributed by atoms with Crippen molar-refractivity contribution >= 4 is 26.4 Å². The number of halogens is 1. The molecule has 0 aromatic rings. The lowest BCUT2D eigenvalue weighted by Crippen LogP contribution is -2.00. The van der Waals surface area contributed by atoms with Crippen molar-refractivity contribution in [2.75, 3.05) is 6.54 Å². The van der Waals surface area contributed by atoms with Gasteiger partial charge in [-0.1, -0.05) is 0 Å². The average Bonchev–Trinajstić information content (AvgIpc) is 1.35. The van der Waals surface area contributed by atoms with Gasteiger partial charge in [0.25, 0.3) is 0 Å². The van der Waals surface area contributed by atoms with Gasteiger partial charge in [0.15, 0.2) is 3.84 Å². The van der Waals surface area contributed by atoms with Crippen molar-refractivity contribution < 1.29 is 0 Å². The molecule has 2 nitrogen and oxygen atoms in total. The number of nitrogens with zero attached hydrogens (tertiary/aromatic N) is 1. The predicted octanol–water partition coefficient (Wildman–Crippen LogP) is 0.756. The van der Waals surface area contributed by atoms with Crippen molar-refractivity contribution in [1.29, 1.82) is 0 Å². The number of aliphatic imine (C=N–C) groups is 1. The Bertz CT molecular complexity index is 55.8. The molecular weight excluding hydrogens is 191 g/mol. The summed E-state index contributed by atoms with van der Waals surface area (Å²) in [5.41, 5.74) is 5.14. The van der Waals surface area contributed by atoms with Crippen LogP contribution < -0.4 is 5.73 Å². The number of nitrogens with two attached hydrogens (primary N) is 1. The first kappa shape index (κ1) is 6.20. The quantitative estimate of drug-likeness (QED) is 0.287. The molecule has 0 aliphatic carbocycles. The fraction of sp³-hybridized carbons (Fsp3) is 0.667. The summed E-state index contributed by atoms with van der Waals surface area (Å²) in [6.07, 6.45) is 0. The maximum absolute atomic E-state index is 5.14. The second kappa shape index (κ2) is 3.39. The van der Waals surface area contributed by atoms with Crippen molar-refractivity contribution in [1.82, 2.24) is 0 Å². The van der Waals surface area contributed by atoms with E-state index in [0.717, 1.165) is 6.54 Å². The zero-order valence-corrected chi connectivity index (χ0v) is 5.77. The number of rotatable bonds is 1. The molecule has 0 amide bonds. The van der Waals surface area contributed by atoms with E-state index in [9.17, 15) is 0 Å². The molecule has 0 heterocycles. The van der Waals surface area contributed by atoms with E-state index in [4.69, 9.17) is 5.73 Å². The van der Waals surface area contributed by atoms with E-state index in [1.54, 1.807) is 0 Å². The minimum Gasteiger partial charge on any atom is -0.379 e. The van der Waals surface area contributed by atoms with E-state index in [0.29, 0.717) is 3.84 Å². The van der Waals surface area contributed by atoms with Crippen LogP contribution >= 0.6 is 22.6 Å². The first-order valence-corrected chi connectivity index (χ1v) is 2.80. The average molecular weight is 198 g/mol. The minimum absolute atomic E-state index is 0.634. The van der Waals surface area contributed by atoms with Gasteiger partial charge in [0, 0.05) is 6.54 Å². The molecule has 6 heavy (non-hydrogen) atoms. The molecule has 0 aromatic carbocycles. The molecule has 2 N–H and O–H groups in total. The summed E-state index contributed by atoms with van der Waals surface area (Å²) in [6, 6.07) is 0. The van der Waals surface area contributed by atoms with Crippen LogP contribution in [0.4, 0.5) is 0 Å². The van der Waals surface area contributed by atoms with Gasteiger partial charge < -0.3 is 5.73 Å². The largest absolute Gasteiger partial charge is 0.379 e. The van der Waals surface area contributed by atoms with Gasteiger partial charge in [-0.15, -0.1) is 0 Å². The maximum atomic E-state index is 5.14. The van der Waals surface area contributed by atoms with Crippen molar-refractivity contribution in [3.8, 4) is 0 Å². The van der Waals surface area contributed by atoms with Crippen molar-refractivity contribution in [2.45, 2.75) is 6.92 Å². The molecular formula is C3H7IN2. The van der Waals surface area contributed by atoms with Crippen LogP contribution in [0.1, 0.15) is 6.92 Å². The van der Waals surface area contributed by atoms with Gasteiger partial charge >= 0.3 is 0 Å². The highest BCUT2D eigenvalue weighted by Crippen LogP contribution is 1.78. The molecule has 0 aromatic heterocycles. The Hall–Kier alpha value is 0.200. The monoisotopic (exact) mass is 198 g/mol. The highest BCUT2D eigenvalue weighted by Gasteiger charge is 1.70. The predicted molar refractivity (Wildman–Crippen MR) is 36.2 cm³/mol. The molecule has 0 unspecified atom stereocenters. The Morgan fingerprint density at radius 3 is 2.50 bits per heavy atom. The summed E-state index contributed by atoms with van der Waals surface area (Å²) >= 11 is 1.97. The van der Waals surface area contributed by atoms with Crippen molar-refractivity contribution in [2.24, 2.45) is 10.7 Å². The lowest BCUT2D eigenvalue weighted by atomic mass is 10.8. The highest BCUT2D eigenvalue weighted by molar-refractivity contribution is 14.1. The maximum Gasteiger partial charge on any atom is 0.157 e. The fourth-order valence-electron chi connectivity index (χ4n) is 0.151. The number of hydrogen-bond acceptors (Lipinski definition) is 1. The normalized spacial score (nSPS) is 12.0. The molecule has 0 saturated carbocycles. The molecule has 3 heteroatoms. The van der Waals surface area contributed by atoms with Gasteiger partial charge in [-0.2, -0.15) is 0 Å². The van der Waals surface area contributed by atoms with Gasteiger partial charge in [-0.3, -0.25) is 4.99 Å². The van der Waals surface area contributed by atoms with E-state index in [-0.39, 0.29) is 0 Å². The van der Waals surface area contributed by atoms with Crippen LogP contribution in [0.2, 0.25) is 0 Å². The Labute approximate surface area is 51.0 Å². The zero-order valence-electron chi connectivity index (χ0n) is 3.61. The lowest BCUT2D eigenvalue weighted by Gasteiger charge is -1.79.